The molecule has 1 saturated heterocycles. The van der Waals surface area contributed by atoms with Crippen molar-refractivity contribution in [1.29, 1.82) is 0 Å². The Labute approximate surface area is 144 Å². The van der Waals surface area contributed by atoms with Crippen molar-refractivity contribution in [3.8, 4) is 5.88 Å². The van der Waals surface area contributed by atoms with Gasteiger partial charge in [-0.2, -0.15) is 0 Å². The Morgan fingerprint density at radius 2 is 2.17 bits per heavy atom. The maximum Gasteiger partial charge on any atom is 0.267 e. The molecule has 0 aliphatic carbocycles. The minimum absolute atomic E-state index is 0.0252. The number of carbonyl (C=O) groups excluding carboxylic acids is 1. The molecule has 2 aromatic heterocycles. The highest BCUT2D eigenvalue weighted by atomic mass is 32.1. The van der Waals surface area contributed by atoms with Gasteiger partial charge in [0.2, 0.25) is 0 Å². The first-order valence-electron chi connectivity index (χ1n) is 7.79. The molecular weight excluding hydrogens is 328 g/mol. The topological polar surface area (TPSA) is 84.3 Å². The van der Waals surface area contributed by atoms with Crippen molar-refractivity contribution >= 4 is 23.3 Å². The van der Waals surface area contributed by atoms with Gasteiger partial charge in [-0.1, -0.05) is 4.49 Å². The van der Waals surface area contributed by atoms with E-state index >= 15 is 0 Å². The zero-order valence-corrected chi connectivity index (χ0v) is 14.8. The van der Waals surface area contributed by atoms with Crippen molar-refractivity contribution in [1.82, 2.24) is 24.5 Å². The predicted octanol–water partition coefficient (Wildman–Crippen LogP) is 1.39. The largest absolute Gasteiger partial charge is 0.470 e. The van der Waals surface area contributed by atoms with Crippen LogP contribution in [-0.2, 0) is 0 Å². The Kier molecular flexibility index (Phi) is 4.89. The lowest BCUT2D eigenvalue weighted by molar-refractivity contribution is 0.0531. The minimum Gasteiger partial charge on any atom is -0.470 e. The number of anilines is 1. The Balaban J connectivity index is 1.70. The molecule has 3 heterocycles. The average molecular weight is 348 g/mol. The van der Waals surface area contributed by atoms with Crippen LogP contribution in [-0.4, -0.2) is 63.7 Å². The summed E-state index contributed by atoms with van der Waals surface area (Å²) in [6.07, 6.45) is 4.92. The zero-order valence-electron chi connectivity index (χ0n) is 14.0. The van der Waals surface area contributed by atoms with Crippen molar-refractivity contribution < 1.29 is 9.53 Å². The number of hydrogen-bond acceptors (Lipinski definition) is 8. The smallest absolute Gasteiger partial charge is 0.267 e. The number of aromatic nitrogens is 4. The lowest BCUT2D eigenvalue weighted by atomic mass is 10.1. The quantitative estimate of drug-likeness (QED) is 0.825. The Bertz CT molecular complexity index is 719. The molecule has 2 aromatic rings. The van der Waals surface area contributed by atoms with Crippen LogP contribution in [0, 0.1) is 6.92 Å². The van der Waals surface area contributed by atoms with E-state index < -0.39 is 0 Å². The molecule has 0 radical (unpaired) electrons. The number of carbonyl (C=O) groups is 1. The van der Waals surface area contributed by atoms with Crippen LogP contribution >= 0.6 is 11.5 Å². The Hall–Kier alpha value is -2.29. The Morgan fingerprint density at radius 3 is 2.88 bits per heavy atom. The molecule has 1 atom stereocenters. The molecule has 0 saturated carbocycles. The second kappa shape index (κ2) is 7.08. The summed E-state index contributed by atoms with van der Waals surface area (Å²) in [5.74, 6) is 1.16. The number of hydrogen-bond donors (Lipinski definition) is 0. The molecular formula is C15H20N6O2S. The van der Waals surface area contributed by atoms with Crippen LogP contribution in [0.1, 0.15) is 28.2 Å². The molecule has 9 heteroatoms. The van der Waals surface area contributed by atoms with Gasteiger partial charge in [-0.3, -0.25) is 4.79 Å². The minimum atomic E-state index is -0.0979. The summed E-state index contributed by atoms with van der Waals surface area (Å²) in [5.41, 5.74) is 0.678. The van der Waals surface area contributed by atoms with Crippen molar-refractivity contribution in [3.05, 3.63) is 23.0 Å². The van der Waals surface area contributed by atoms with Gasteiger partial charge >= 0.3 is 0 Å². The molecule has 0 aromatic carbocycles. The van der Waals surface area contributed by atoms with E-state index in [1.165, 1.54) is 0 Å². The van der Waals surface area contributed by atoms with Crippen molar-refractivity contribution in [2.75, 3.05) is 32.1 Å². The average Bonchev–Trinajstić information content (AvgIpc) is 3.01. The second-order valence-electron chi connectivity index (χ2n) is 5.90. The molecule has 1 amide bonds. The van der Waals surface area contributed by atoms with E-state index in [1.54, 1.807) is 19.3 Å². The van der Waals surface area contributed by atoms with Crippen LogP contribution in [0.3, 0.4) is 0 Å². The van der Waals surface area contributed by atoms with E-state index in [9.17, 15) is 4.79 Å². The summed E-state index contributed by atoms with van der Waals surface area (Å²) < 4.78 is 9.88. The third kappa shape index (κ3) is 3.45. The molecule has 128 valence electrons. The standard InChI is InChI=1S/C15H20N6O2S/c1-10-12(24-19-18-10)15(22)21-8-4-5-11(9-21)23-14-13(20(2)3)16-6-7-17-14/h6-7,11H,4-5,8-9H2,1-3H3/t11-/m1/s1. The summed E-state index contributed by atoms with van der Waals surface area (Å²) in [4.78, 5) is 25.5. The van der Waals surface area contributed by atoms with Crippen LogP contribution in [0.5, 0.6) is 5.88 Å². The van der Waals surface area contributed by atoms with E-state index in [2.05, 4.69) is 19.6 Å². The van der Waals surface area contributed by atoms with Gasteiger partial charge in [0.25, 0.3) is 11.8 Å². The fraction of sp³-hybridized carbons (Fsp3) is 0.533. The summed E-state index contributed by atoms with van der Waals surface area (Å²) >= 11 is 1.14. The van der Waals surface area contributed by atoms with Gasteiger partial charge < -0.3 is 14.5 Å². The molecule has 0 spiro atoms. The van der Waals surface area contributed by atoms with E-state index in [0.29, 0.717) is 28.8 Å². The van der Waals surface area contributed by atoms with Gasteiger partial charge in [0, 0.05) is 33.0 Å². The predicted molar refractivity (Wildman–Crippen MR) is 90.6 cm³/mol. The lowest BCUT2D eigenvalue weighted by Gasteiger charge is -2.32. The number of piperidine rings is 1. The molecule has 0 N–H and O–H groups in total. The van der Waals surface area contributed by atoms with Crippen molar-refractivity contribution in [2.24, 2.45) is 0 Å². The van der Waals surface area contributed by atoms with Gasteiger partial charge in [-0.15, -0.1) is 5.10 Å². The number of nitrogens with zero attached hydrogens (tertiary/aromatic N) is 6. The highest BCUT2D eigenvalue weighted by Crippen LogP contribution is 2.25. The number of aryl methyl sites for hydroxylation is 1. The molecule has 3 rings (SSSR count). The van der Waals surface area contributed by atoms with Gasteiger partial charge in [0.05, 0.1) is 12.2 Å². The third-order valence-corrected chi connectivity index (χ3v) is 4.68. The second-order valence-corrected chi connectivity index (χ2v) is 6.65. The van der Waals surface area contributed by atoms with Gasteiger partial charge in [-0.05, 0) is 31.3 Å². The van der Waals surface area contributed by atoms with Gasteiger partial charge in [-0.25, -0.2) is 9.97 Å². The summed E-state index contributed by atoms with van der Waals surface area (Å²) in [6.45, 7) is 3.05. The fourth-order valence-electron chi connectivity index (χ4n) is 2.66. The number of ether oxygens (including phenoxy) is 1. The number of likely N-dealkylation sites (tertiary alicyclic amines) is 1. The van der Waals surface area contributed by atoms with Crippen LogP contribution in [0.15, 0.2) is 12.4 Å². The third-order valence-electron chi connectivity index (χ3n) is 3.86. The summed E-state index contributed by atoms with van der Waals surface area (Å²) in [7, 11) is 3.79. The molecule has 24 heavy (non-hydrogen) atoms. The van der Waals surface area contributed by atoms with E-state index in [-0.39, 0.29) is 12.0 Å². The molecule has 1 aliphatic rings. The van der Waals surface area contributed by atoms with Crippen LogP contribution in [0.25, 0.3) is 0 Å². The maximum absolute atomic E-state index is 12.6. The first-order valence-corrected chi connectivity index (χ1v) is 8.57. The SMILES string of the molecule is Cc1nnsc1C(=O)N1CCC[C@@H](Oc2nccnc2N(C)C)C1. The highest BCUT2D eigenvalue weighted by Gasteiger charge is 2.28. The first-order chi connectivity index (χ1) is 11.6. The van der Waals surface area contributed by atoms with Crippen LogP contribution < -0.4 is 9.64 Å². The van der Waals surface area contributed by atoms with E-state index in [0.717, 1.165) is 30.9 Å². The van der Waals surface area contributed by atoms with Gasteiger partial charge in [0.15, 0.2) is 5.82 Å². The maximum atomic E-state index is 12.6. The fourth-order valence-corrected chi connectivity index (χ4v) is 3.28. The molecule has 1 aliphatic heterocycles. The molecule has 8 nitrogen and oxygen atoms in total. The first kappa shape index (κ1) is 16.6. The monoisotopic (exact) mass is 348 g/mol. The van der Waals surface area contributed by atoms with E-state index in [1.807, 2.05) is 23.9 Å². The number of rotatable bonds is 4. The molecule has 0 bridgehead atoms. The zero-order chi connectivity index (χ0) is 17.1. The lowest BCUT2D eigenvalue weighted by Crippen LogP contribution is -2.44. The summed E-state index contributed by atoms with van der Waals surface area (Å²) in [6, 6.07) is 0. The van der Waals surface area contributed by atoms with Gasteiger partial charge in [0.1, 0.15) is 11.0 Å². The molecule has 0 unspecified atom stereocenters. The van der Waals surface area contributed by atoms with Crippen molar-refractivity contribution in [3.63, 3.8) is 0 Å². The normalized spacial score (nSPS) is 17.6. The number of amides is 1. The van der Waals surface area contributed by atoms with Crippen molar-refractivity contribution in [2.45, 2.75) is 25.9 Å². The van der Waals surface area contributed by atoms with E-state index in [4.69, 9.17) is 4.74 Å². The highest BCUT2D eigenvalue weighted by molar-refractivity contribution is 7.07. The Morgan fingerprint density at radius 1 is 1.38 bits per heavy atom. The summed E-state index contributed by atoms with van der Waals surface area (Å²) in [5, 5.41) is 3.92. The molecule has 1 fully saturated rings. The van der Waals surface area contributed by atoms with Crippen LogP contribution in [0.4, 0.5) is 5.82 Å². The van der Waals surface area contributed by atoms with Crippen LogP contribution in [0.2, 0.25) is 0 Å².